The minimum absolute atomic E-state index is 0.267. The van der Waals surface area contributed by atoms with Gasteiger partial charge in [0.15, 0.2) is 0 Å². The molecule has 1 amide bonds. The molecule has 0 aliphatic rings. The van der Waals surface area contributed by atoms with E-state index in [4.69, 9.17) is 16.3 Å². The minimum Gasteiger partial charge on any atom is -0.488 e. The number of hydrogen-bond acceptors (Lipinski definition) is 3. The van der Waals surface area contributed by atoms with E-state index in [0.29, 0.717) is 16.3 Å². The van der Waals surface area contributed by atoms with Crippen molar-refractivity contribution in [3.8, 4) is 5.75 Å². The number of nitrogens with one attached hydrogen (secondary N) is 1. The van der Waals surface area contributed by atoms with E-state index in [1.165, 1.54) is 0 Å². The number of para-hydroxylation sites is 2. The summed E-state index contributed by atoms with van der Waals surface area (Å²) in [6, 6.07) is 22.5. The van der Waals surface area contributed by atoms with Crippen LogP contribution in [0.15, 0.2) is 84.1 Å². The lowest BCUT2D eigenvalue weighted by Gasteiger charge is -2.11. The Morgan fingerprint density at radius 3 is 2.67 bits per heavy atom. The molecule has 0 unspecified atom stereocenters. The summed E-state index contributed by atoms with van der Waals surface area (Å²) < 4.78 is 7.87. The number of amides is 1. The molecule has 0 atom stereocenters. The molecule has 0 saturated carbocycles. The van der Waals surface area contributed by atoms with Gasteiger partial charge in [0.05, 0.1) is 11.8 Å². The number of hydrazone groups is 1. The standard InChI is InChI=1S/C24H20ClN3O2/c1-28-15-18(19-9-3-6-12-22(19)28)14-26-27-24(29)20-10-4-7-13-23(20)30-16-17-8-2-5-11-21(17)25/h2-15H,16H2,1H3,(H,27,29)/b26-14-. The van der Waals surface area contributed by atoms with E-state index in [2.05, 4.69) is 10.5 Å². The summed E-state index contributed by atoms with van der Waals surface area (Å²) in [6.45, 7) is 0.267. The highest BCUT2D eigenvalue weighted by Gasteiger charge is 2.12. The van der Waals surface area contributed by atoms with Crippen LogP contribution in [0.5, 0.6) is 5.75 Å². The monoisotopic (exact) mass is 417 g/mol. The number of aromatic nitrogens is 1. The highest BCUT2D eigenvalue weighted by atomic mass is 35.5. The summed E-state index contributed by atoms with van der Waals surface area (Å²) in [5.41, 5.74) is 5.87. The van der Waals surface area contributed by atoms with Gasteiger partial charge in [-0.2, -0.15) is 5.10 Å². The van der Waals surface area contributed by atoms with Crippen LogP contribution in [0.3, 0.4) is 0 Å². The van der Waals surface area contributed by atoms with Crippen molar-refractivity contribution >= 4 is 34.6 Å². The molecular formula is C24H20ClN3O2. The summed E-state index contributed by atoms with van der Waals surface area (Å²) in [6.07, 6.45) is 3.62. The van der Waals surface area contributed by atoms with Crippen LogP contribution < -0.4 is 10.2 Å². The van der Waals surface area contributed by atoms with Gasteiger partial charge >= 0.3 is 0 Å². The Morgan fingerprint density at radius 1 is 1.07 bits per heavy atom. The summed E-state index contributed by atoms with van der Waals surface area (Å²) in [5, 5.41) is 5.84. The maximum Gasteiger partial charge on any atom is 0.275 e. The average Bonchev–Trinajstić information content (AvgIpc) is 3.09. The minimum atomic E-state index is -0.346. The molecule has 0 bridgehead atoms. The van der Waals surface area contributed by atoms with Crippen molar-refractivity contribution in [1.82, 2.24) is 9.99 Å². The van der Waals surface area contributed by atoms with E-state index in [1.54, 1.807) is 30.5 Å². The molecule has 0 spiro atoms. The topological polar surface area (TPSA) is 55.6 Å². The molecule has 1 N–H and O–H groups in total. The van der Waals surface area contributed by atoms with Gasteiger partial charge in [0, 0.05) is 40.3 Å². The van der Waals surface area contributed by atoms with Crippen LogP contribution in [0.2, 0.25) is 5.02 Å². The predicted octanol–water partition coefficient (Wildman–Crippen LogP) is 5.17. The molecule has 0 fully saturated rings. The Kier molecular flexibility index (Phi) is 5.82. The van der Waals surface area contributed by atoms with Crippen molar-refractivity contribution in [1.29, 1.82) is 0 Å². The Balaban J connectivity index is 1.47. The normalized spacial score (nSPS) is 11.1. The van der Waals surface area contributed by atoms with Gasteiger partial charge in [-0.1, -0.05) is 60.1 Å². The molecule has 30 heavy (non-hydrogen) atoms. The van der Waals surface area contributed by atoms with Crippen molar-refractivity contribution in [2.45, 2.75) is 6.61 Å². The first-order valence-electron chi connectivity index (χ1n) is 9.46. The van der Waals surface area contributed by atoms with Crippen molar-refractivity contribution in [3.05, 3.63) is 101 Å². The number of carbonyl (C=O) groups excluding carboxylic acids is 1. The second-order valence-electron chi connectivity index (χ2n) is 6.79. The molecule has 1 heterocycles. The fraction of sp³-hybridized carbons (Fsp3) is 0.0833. The van der Waals surface area contributed by atoms with Crippen LogP contribution in [0.1, 0.15) is 21.5 Å². The zero-order valence-corrected chi connectivity index (χ0v) is 17.1. The SMILES string of the molecule is Cn1cc(/C=N\NC(=O)c2ccccc2OCc2ccccc2Cl)c2ccccc21. The zero-order valence-electron chi connectivity index (χ0n) is 16.4. The van der Waals surface area contributed by atoms with Gasteiger partial charge < -0.3 is 9.30 Å². The zero-order chi connectivity index (χ0) is 20.9. The Bertz CT molecular complexity index is 1230. The second kappa shape index (κ2) is 8.84. The first kappa shape index (κ1) is 19.7. The number of fused-ring (bicyclic) bond motifs is 1. The highest BCUT2D eigenvalue weighted by molar-refractivity contribution is 6.31. The molecule has 0 aliphatic heterocycles. The Morgan fingerprint density at radius 2 is 1.80 bits per heavy atom. The molecule has 6 heteroatoms. The van der Waals surface area contributed by atoms with Gasteiger partial charge in [-0.3, -0.25) is 4.79 Å². The molecule has 1 aromatic heterocycles. The molecular weight excluding hydrogens is 398 g/mol. The van der Waals surface area contributed by atoms with Crippen LogP contribution in [-0.2, 0) is 13.7 Å². The van der Waals surface area contributed by atoms with Gasteiger partial charge in [0.1, 0.15) is 12.4 Å². The van der Waals surface area contributed by atoms with E-state index in [0.717, 1.165) is 22.0 Å². The van der Waals surface area contributed by atoms with Gasteiger partial charge in [0.25, 0.3) is 5.91 Å². The Hall–Kier alpha value is -3.57. The quantitative estimate of drug-likeness (QED) is 0.347. The number of halogens is 1. The number of nitrogens with zero attached hydrogens (tertiary/aromatic N) is 2. The van der Waals surface area contributed by atoms with Crippen LogP contribution >= 0.6 is 11.6 Å². The maximum absolute atomic E-state index is 12.7. The first-order valence-corrected chi connectivity index (χ1v) is 9.84. The predicted molar refractivity (Wildman–Crippen MR) is 120 cm³/mol. The Labute approximate surface area is 179 Å². The second-order valence-corrected chi connectivity index (χ2v) is 7.20. The summed E-state index contributed by atoms with van der Waals surface area (Å²) >= 11 is 6.18. The number of rotatable bonds is 6. The lowest BCUT2D eigenvalue weighted by atomic mass is 10.2. The van der Waals surface area contributed by atoms with Crippen molar-refractivity contribution < 1.29 is 9.53 Å². The number of aryl methyl sites for hydroxylation is 1. The molecule has 4 aromatic rings. The number of ether oxygens (including phenoxy) is 1. The lowest BCUT2D eigenvalue weighted by molar-refractivity contribution is 0.0950. The van der Waals surface area contributed by atoms with Gasteiger partial charge in [-0.15, -0.1) is 0 Å². The van der Waals surface area contributed by atoms with E-state index in [9.17, 15) is 4.79 Å². The number of carbonyl (C=O) groups is 1. The smallest absolute Gasteiger partial charge is 0.275 e. The van der Waals surface area contributed by atoms with Crippen LogP contribution in [0.25, 0.3) is 10.9 Å². The maximum atomic E-state index is 12.7. The average molecular weight is 418 g/mol. The number of hydrogen-bond donors (Lipinski definition) is 1. The molecule has 5 nitrogen and oxygen atoms in total. The third-order valence-corrected chi connectivity index (χ3v) is 5.14. The summed E-state index contributed by atoms with van der Waals surface area (Å²) in [5.74, 6) is 0.122. The van der Waals surface area contributed by atoms with Gasteiger partial charge in [0.2, 0.25) is 0 Å². The summed E-state index contributed by atoms with van der Waals surface area (Å²) in [4.78, 5) is 12.7. The van der Waals surface area contributed by atoms with E-state index < -0.39 is 0 Å². The first-order chi connectivity index (χ1) is 14.6. The largest absolute Gasteiger partial charge is 0.488 e. The fourth-order valence-electron chi connectivity index (χ4n) is 3.25. The lowest BCUT2D eigenvalue weighted by Crippen LogP contribution is -2.18. The third-order valence-electron chi connectivity index (χ3n) is 4.77. The van der Waals surface area contributed by atoms with Crippen LogP contribution in [-0.4, -0.2) is 16.7 Å². The van der Waals surface area contributed by atoms with Crippen LogP contribution in [0, 0.1) is 0 Å². The van der Waals surface area contributed by atoms with Crippen molar-refractivity contribution in [2.75, 3.05) is 0 Å². The van der Waals surface area contributed by atoms with Crippen LogP contribution in [0.4, 0.5) is 0 Å². The van der Waals surface area contributed by atoms with E-state index >= 15 is 0 Å². The molecule has 150 valence electrons. The summed E-state index contributed by atoms with van der Waals surface area (Å²) in [7, 11) is 1.98. The van der Waals surface area contributed by atoms with E-state index in [-0.39, 0.29) is 12.5 Å². The highest BCUT2D eigenvalue weighted by Crippen LogP contribution is 2.22. The van der Waals surface area contributed by atoms with Gasteiger partial charge in [-0.25, -0.2) is 5.43 Å². The van der Waals surface area contributed by atoms with Crippen molar-refractivity contribution in [3.63, 3.8) is 0 Å². The molecule has 0 saturated heterocycles. The van der Waals surface area contributed by atoms with Crippen molar-refractivity contribution in [2.24, 2.45) is 12.1 Å². The number of benzene rings is 3. The fourth-order valence-corrected chi connectivity index (χ4v) is 3.44. The van der Waals surface area contributed by atoms with E-state index in [1.807, 2.05) is 66.3 Å². The molecule has 4 rings (SSSR count). The van der Waals surface area contributed by atoms with Gasteiger partial charge in [-0.05, 0) is 24.3 Å². The third kappa shape index (κ3) is 4.21. The molecule has 0 radical (unpaired) electrons. The molecule has 3 aromatic carbocycles. The molecule has 0 aliphatic carbocycles.